The predicted octanol–water partition coefficient (Wildman–Crippen LogP) is 4.67. The molecule has 3 rings (SSSR count). The van der Waals surface area contributed by atoms with E-state index in [1.54, 1.807) is 11.3 Å². The highest BCUT2D eigenvalue weighted by atomic mass is 79.9. The smallest absolute Gasteiger partial charge is 0.140 e. The summed E-state index contributed by atoms with van der Waals surface area (Å²) in [5.41, 5.74) is 4.63. The number of hydrogen-bond donors (Lipinski definition) is 1. The van der Waals surface area contributed by atoms with Crippen LogP contribution < -0.4 is 0 Å². The highest BCUT2D eigenvalue weighted by molar-refractivity contribution is 9.10. The Kier molecular flexibility index (Phi) is 2.56. The molecule has 0 aliphatic carbocycles. The van der Waals surface area contributed by atoms with E-state index in [-0.39, 0.29) is 0 Å². The molecule has 0 bridgehead atoms. The lowest BCUT2D eigenvalue weighted by Gasteiger charge is -1.94. The Morgan fingerprint density at radius 1 is 1.29 bits per heavy atom. The minimum atomic E-state index is 1.06. The summed E-state index contributed by atoms with van der Waals surface area (Å²) in [5, 5.41) is 4.39. The van der Waals surface area contributed by atoms with E-state index in [4.69, 9.17) is 0 Å². The maximum atomic E-state index is 4.53. The van der Waals surface area contributed by atoms with Crippen molar-refractivity contribution in [3.05, 3.63) is 39.3 Å². The van der Waals surface area contributed by atoms with Gasteiger partial charge in [0.05, 0.1) is 5.69 Å². The summed E-state index contributed by atoms with van der Waals surface area (Å²) < 4.78 is 1.11. The summed E-state index contributed by atoms with van der Waals surface area (Å²) in [6, 6.07) is 6.29. The fourth-order valence-electron chi connectivity index (χ4n) is 1.98. The molecule has 0 unspecified atom stereocenters. The molecule has 2 aromatic heterocycles. The Hall–Kier alpha value is -1.13. The van der Waals surface area contributed by atoms with Gasteiger partial charge in [0.1, 0.15) is 5.01 Å². The topological polar surface area (TPSA) is 28.7 Å². The molecule has 4 heteroatoms. The zero-order valence-electron chi connectivity index (χ0n) is 9.54. The van der Waals surface area contributed by atoms with Crippen LogP contribution in [0.2, 0.25) is 0 Å². The van der Waals surface area contributed by atoms with Crippen LogP contribution in [-0.4, -0.2) is 9.97 Å². The average molecular weight is 307 g/mol. The van der Waals surface area contributed by atoms with E-state index < -0.39 is 0 Å². The fraction of sp³-hybridized carbons (Fsp3) is 0.154. The van der Waals surface area contributed by atoms with Crippen LogP contribution in [0.4, 0.5) is 0 Å². The molecule has 0 spiro atoms. The summed E-state index contributed by atoms with van der Waals surface area (Å²) in [5.74, 6) is 0. The van der Waals surface area contributed by atoms with Crippen LogP contribution >= 0.6 is 27.3 Å². The molecule has 0 saturated heterocycles. The first-order valence-corrected chi connectivity index (χ1v) is 7.03. The van der Waals surface area contributed by atoms with E-state index in [1.165, 1.54) is 10.9 Å². The van der Waals surface area contributed by atoms with Gasteiger partial charge in [0.15, 0.2) is 0 Å². The molecule has 0 aliphatic heterocycles. The Morgan fingerprint density at radius 2 is 2.12 bits per heavy atom. The molecular formula is C13H11BrN2S. The molecule has 1 aromatic carbocycles. The Morgan fingerprint density at radius 3 is 2.82 bits per heavy atom. The Labute approximate surface area is 112 Å². The number of thiazole rings is 1. The van der Waals surface area contributed by atoms with Gasteiger partial charge in [0.25, 0.3) is 0 Å². The lowest BCUT2D eigenvalue weighted by molar-refractivity contribution is 1.25. The second-order valence-electron chi connectivity index (χ2n) is 4.11. The number of aryl methyl sites for hydroxylation is 2. The third kappa shape index (κ3) is 1.81. The summed E-state index contributed by atoms with van der Waals surface area (Å²) >= 11 is 5.19. The standard InChI is InChI=1S/C13H11BrN2S/c1-7-6-17-13(15-7)12-8(2)10-5-9(14)3-4-11(10)16-12/h3-6,16H,1-2H3. The molecule has 2 nitrogen and oxygen atoms in total. The molecule has 0 radical (unpaired) electrons. The maximum absolute atomic E-state index is 4.53. The van der Waals surface area contributed by atoms with E-state index in [0.717, 1.165) is 26.4 Å². The van der Waals surface area contributed by atoms with Gasteiger partial charge in [-0.25, -0.2) is 4.98 Å². The highest BCUT2D eigenvalue weighted by Gasteiger charge is 2.12. The van der Waals surface area contributed by atoms with Crippen molar-refractivity contribution in [1.29, 1.82) is 0 Å². The van der Waals surface area contributed by atoms with Crippen molar-refractivity contribution in [2.75, 3.05) is 0 Å². The van der Waals surface area contributed by atoms with Gasteiger partial charge in [-0.1, -0.05) is 15.9 Å². The number of hydrogen-bond acceptors (Lipinski definition) is 2. The van der Waals surface area contributed by atoms with E-state index in [0.29, 0.717) is 0 Å². The molecule has 0 saturated carbocycles. The zero-order chi connectivity index (χ0) is 12.0. The molecule has 0 aliphatic rings. The van der Waals surface area contributed by atoms with Crippen LogP contribution in [0.5, 0.6) is 0 Å². The Balaban J connectivity index is 2.27. The number of aromatic nitrogens is 2. The van der Waals surface area contributed by atoms with Gasteiger partial charge >= 0.3 is 0 Å². The van der Waals surface area contributed by atoms with E-state index in [1.807, 2.05) is 6.92 Å². The largest absolute Gasteiger partial charge is 0.352 e. The van der Waals surface area contributed by atoms with Gasteiger partial charge in [-0.15, -0.1) is 11.3 Å². The lowest BCUT2D eigenvalue weighted by atomic mass is 10.1. The third-order valence-corrected chi connectivity index (χ3v) is 4.32. The zero-order valence-corrected chi connectivity index (χ0v) is 11.9. The monoisotopic (exact) mass is 306 g/mol. The van der Waals surface area contributed by atoms with Crippen LogP contribution in [0.15, 0.2) is 28.1 Å². The van der Waals surface area contributed by atoms with E-state index >= 15 is 0 Å². The summed E-state index contributed by atoms with van der Waals surface area (Å²) in [4.78, 5) is 7.98. The number of nitrogens with zero attached hydrogens (tertiary/aromatic N) is 1. The predicted molar refractivity (Wildman–Crippen MR) is 76.6 cm³/mol. The fourth-order valence-corrected chi connectivity index (χ4v) is 3.20. The van der Waals surface area contributed by atoms with E-state index in [9.17, 15) is 0 Å². The molecule has 3 aromatic rings. The first-order chi connectivity index (χ1) is 8.15. The van der Waals surface area contributed by atoms with Gasteiger partial charge < -0.3 is 4.98 Å². The SMILES string of the molecule is Cc1csc(-c2[nH]c3ccc(Br)cc3c2C)n1. The van der Waals surface area contributed by atoms with Gasteiger partial charge in [0, 0.05) is 26.4 Å². The number of halogens is 1. The first kappa shape index (κ1) is 11.0. The second kappa shape index (κ2) is 3.96. The van der Waals surface area contributed by atoms with Crippen molar-refractivity contribution in [2.24, 2.45) is 0 Å². The first-order valence-electron chi connectivity index (χ1n) is 5.35. The number of fused-ring (bicyclic) bond motifs is 1. The van der Waals surface area contributed by atoms with Crippen molar-refractivity contribution in [1.82, 2.24) is 9.97 Å². The highest BCUT2D eigenvalue weighted by Crippen LogP contribution is 2.32. The van der Waals surface area contributed by atoms with Gasteiger partial charge in [-0.2, -0.15) is 0 Å². The molecule has 17 heavy (non-hydrogen) atoms. The normalized spacial score (nSPS) is 11.2. The molecule has 2 heterocycles. The Bertz CT molecular complexity index is 697. The van der Waals surface area contributed by atoms with Crippen molar-refractivity contribution >= 4 is 38.2 Å². The van der Waals surface area contributed by atoms with Crippen LogP contribution in [-0.2, 0) is 0 Å². The van der Waals surface area contributed by atoms with Crippen LogP contribution in [0.1, 0.15) is 11.3 Å². The molecule has 0 amide bonds. The number of aromatic amines is 1. The number of rotatable bonds is 1. The molecule has 0 fully saturated rings. The summed E-state index contributed by atoms with van der Waals surface area (Å²) in [7, 11) is 0. The van der Waals surface area contributed by atoms with Gasteiger partial charge in [-0.05, 0) is 37.6 Å². The van der Waals surface area contributed by atoms with Crippen LogP contribution in [0.25, 0.3) is 21.6 Å². The quantitative estimate of drug-likeness (QED) is 0.695. The van der Waals surface area contributed by atoms with Crippen molar-refractivity contribution in [3.8, 4) is 10.7 Å². The number of benzene rings is 1. The van der Waals surface area contributed by atoms with Crippen molar-refractivity contribution < 1.29 is 0 Å². The van der Waals surface area contributed by atoms with Crippen molar-refractivity contribution in [3.63, 3.8) is 0 Å². The van der Waals surface area contributed by atoms with E-state index in [2.05, 4.69) is 56.4 Å². The summed E-state index contributed by atoms with van der Waals surface area (Å²) in [6.45, 7) is 4.16. The third-order valence-electron chi connectivity index (χ3n) is 2.85. The van der Waals surface area contributed by atoms with Gasteiger partial charge in [0.2, 0.25) is 0 Å². The minimum absolute atomic E-state index is 1.06. The summed E-state index contributed by atoms with van der Waals surface area (Å²) in [6.07, 6.45) is 0. The number of nitrogens with one attached hydrogen (secondary N) is 1. The number of H-pyrrole nitrogens is 1. The lowest BCUT2D eigenvalue weighted by Crippen LogP contribution is -1.79. The van der Waals surface area contributed by atoms with Gasteiger partial charge in [-0.3, -0.25) is 0 Å². The molecular weight excluding hydrogens is 296 g/mol. The maximum Gasteiger partial charge on any atom is 0.140 e. The average Bonchev–Trinajstić information content (AvgIpc) is 2.84. The molecule has 86 valence electrons. The second-order valence-corrected chi connectivity index (χ2v) is 5.88. The molecule has 0 atom stereocenters. The minimum Gasteiger partial charge on any atom is -0.352 e. The van der Waals surface area contributed by atoms with Crippen molar-refractivity contribution in [2.45, 2.75) is 13.8 Å². The molecule has 1 N–H and O–H groups in total. The van der Waals surface area contributed by atoms with Crippen LogP contribution in [0, 0.1) is 13.8 Å². The van der Waals surface area contributed by atoms with Crippen LogP contribution in [0.3, 0.4) is 0 Å².